The molecule has 2 N–H and O–H groups in total. The van der Waals surface area contributed by atoms with Crippen LogP contribution in [-0.4, -0.2) is 48.8 Å². The first kappa shape index (κ1) is 15.3. The SMILES string of the molecule is CNC1CCC(C)CC1CN1CCCCC1CCO. The maximum Gasteiger partial charge on any atom is 0.0445 e. The van der Waals surface area contributed by atoms with E-state index in [4.69, 9.17) is 0 Å². The van der Waals surface area contributed by atoms with Gasteiger partial charge in [-0.3, -0.25) is 4.90 Å². The molecule has 2 rings (SSSR count). The third-order valence-corrected chi connectivity index (χ3v) is 5.30. The summed E-state index contributed by atoms with van der Waals surface area (Å²) in [6.45, 7) is 5.23. The topological polar surface area (TPSA) is 35.5 Å². The van der Waals surface area contributed by atoms with Crippen molar-refractivity contribution in [1.29, 1.82) is 0 Å². The number of hydrogen-bond donors (Lipinski definition) is 2. The lowest BCUT2D eigenvalue weighted by atomic mass is 9.78. The number of aliphatic hydroxyl groups excluding tert-OH is 1. The van der Waals surface area contributed by atoms with Crippen molar-refractivity contribution in [3.05, 3.63) is 0 Å². The Labute approximate surface area is 118 Å². The van der Waals surface area contributed by atoms with Crippen molar-refractivity contribution in [2.45, 2.75) is 64.0 Å². The van der Waals surface area contributed by atoms with Crippen LogP contribution in [0.3, 0.4) is 0 Å². The van der Waals surface area contributed by atoms with Crippen molar-refractivity contribution in [3.8, 4) is 0 Å². The van der Waals surface area contributed by atoms with Gasteiger partial charge in [-0.2, -0.15) is 0 Å². The van der Waals surface area contributed by atoms with Crippen LogP contribution in [0.25, 0.3) is 0 Å². The fraction of sp³-hybridized carbons (Fsp3) is 1.00. The van der Waals surface area contributed by atoms with Gasteiger partial charge in [0.2, 0.25) is 0 Å². The minimum absolute atomic E-state index is 0.345. The van der Waals surface area contributed by atoms with Crippen molar-refractivity contribution >= 4 is 0 Å². The van der Waals surface area contributed by atoms with Crippen LogP contribution in [0.1, 0.15) is 51.9 Å². The summed E-state index contributed by atoms with van der Waals surface area (Å²) in [6.07, 6.45) is 9.02. The molecule has 0 aromatic heterocycles. The average molecular weight is 268 g/mol. The van der Waals surface area contributed by atoms with E-state index in [-0.39, 0.29) is 0 Å². The van der Waals surface area contributed by atoms with Crippen molar-refractivity contribution in [2.75, 3.05) is 26.7 Å². The molecule has 19 heavy (non-hydrogen) atoms. The molecule has 1 saturated carbocycles. The van der Waals surface area contributed by atoms with Gasteiger partial charge in [-0.1, -0.05) is 13.3 Å². The van der Waals surface area contributed by atoms with Gasteiger partial charge in [-0.05, 0) is 64.0 Å². The highest BCUT2D eigenvalue weighted by Gasteiger charge is 2.31. The number of nitrogens with zero attached hydrogens (tertiary/aromatic N) is 1. The Bertz CT molecular complexity index is 257. The summed E-state index contributed by atoms with van der Waals surface area (Å²) >= 11 is 0. The summed E-state index contributed by atoms with van der Waals surface area (Å²) < 4.78 is 0. The van der Waals surface area contributed by atoms with E-state index < -0.39 is 0 Å². The third-order valence-electron chi connectivity index (χ3n) is 5.30. The summed E-state index contributed by atoms with van der Waals surface area (Å²) in [5.41, 5.74) is 0. The van der Waals surface area contributed by atoms with Gasteiger partial charge in [0, 0.05) is 25.2 Å². The maximum absolute atomic E-state index is 9.24. The zero-order valence-corrected chi connectivity index (χ0v) is 12.8. The van der Waals surface area contributed by atoms with Crippen molar-refractivity contribution in [3.63, 3.8) is 0 Å². The molecule has 0 amide bonds. The van der Waals surface area contributed by atoms with Crippen molar-refractivity contribution in [2.24, 2.45) is 11.8 Å². The first-order chi connectivity index (χ1) is 9.24. The predicted octanol–water partition coefficient (Wildman–Crippen LogP) is 2.25. The number of aliphatic hydroxyl groups is 1. The lowest BCUT2D eigenvalue weighted by Crippen LogP contribution is -2.48. The highest BCUT2D eigenvalue weighted by atomic mass is 16.3. The quantitative estimate of drug-likeness (QED) is 0.803. The van der Waals surface area contributed by atoms with E-state index >= 15 is 0 Å². The van der Waals surface area contributed by atoms with E-state index in [1.807, 2.05) is 0 Å². The number of piperidine rings is 1. The first-order valence-electron chi connectivity index (χ1n) is 8.26. The Morgan fingerprint density at radius 1 is 1.21 bits per heavy atom. The fourth-order valence-electron chi connectivity index (χ4n) is 4.16. The van der Waals surface area contributed by atoms with Gasteiger partial charge < -0.3 is 10.4 Å². The Hall–Kier alpha value is -0.120. The van der Waals surface area contributed by atoms with Gasteiger partial charge in [0.15, 0.2) is 0 Å². The zero-order chi connectivity index (χ0) is 13.7. The summed E-state index contributed by atoms with van der Waals surface area (Å²) in [5.74, 6) is 1.68. The van der Waals surface area contributed by atoms with E-state index in [0.29, 0.717) is 18.7 Å². The minimum Gasteiger partial charge on any atom is -0.396 e. The van der Waals surface area contributed by atoms with Crippen LogP contribution in [0.4, 0.5) is 0 Å². The van der Waals surface area contributed by atoms with E-state index in [2.05, 4.69) is 24.2 Å². The molecule has 0 aromatic carbocycles. The number of hydrogen-bond acceptors (Lipinski definition) is 3. The van der Waals surface area contributed by atoms with Crippen LogP contribution in [0, 0.1) is 11.8 Å². The van der Waals surface area contributed by atoms with Gasteiger partial charge in [0.25, 0.3) is 0 Å². The second-order valence-electron chi connectivity index (χ2n) is 6.73. The molecule has 0 bridgehead atoms. The van der Waals surface area contributed by atoms with E-state index in [1.54, 1.807) is 0 Å². The van der Waals surface area contributed by atoms with Gasteiger partial charge in [-0.15, -0.1) is 0 Å². The number of likely N-dealkylation sites (tertiary alicyclic amines) is 1. The fourth-order valence-corrected chi connectivity index (χ4v) is 4.16. The number of nitrogens with one attached hydrogen (secondary N) is 1. The van der Waals surface area contributed by atoms with Gasteiger partial charge in [-0.25, -0.2) is 0 Å². The van der Waals surface area contributed by atoms with Crippen LogP contribution in [0.15, 0.2) is 0 Å². The lowest BCUT2D eigenvalue weighted by molar-refractivity contribution is 0.0759. The number of rotatable bonds is 5. The van der Waals surface area contributed by atoms with E-state index in [9.17, 15) is 5.11 Å². The molecule has 4 atom stereocenters. The monoisotopic (exact) mass is 268 g/mol. The molecular formula is C16H32N2O. The molecule has 0 spiro atoms. The molecular weight excluding hydrogens is 236 g/mol. The largest absolute Gasteiger partial charge is 0.396 e. The molecule has 3 heteroatoms. The molecule has 112 valence electrons. The molecule has 4 unspecified atom stereocenters. The first-order valence-corrected chi connectivity index (χ1v) is 8.26. The third kappa shape index (κ3) is 4.17. The standard InChI is InChI=1S/C16H32N2O/c1-13-6-7-16(17-2)14(11-13)12-18-9-4-3-5-15(18)8-10-19/h13-17,19H,3-12H2,1-2H3. The molecule has 3 nitrogen and oxygen atoms in total. The predicted molar refractivity (Wildman–Crippen MR) is 80.3 cm³/mol. The van der Waals surface area contributed by atoms with Crippen molar-refractivity contribution < 1.29 is 5.11 Å². The summed E-state index contributed by atoms with van der Waals surface area (Å²) in [6, 6.07) is 1.33. The Balaban J connectivity index is 1.92. The minimum atomic E-state index is 0.345. The molecule has 2 aliphatic rings. The van der Waals surface area contributed by atoms with E-state index in [1.165, 1.54) is 51.6 Å². The highest BCUT2D eigenvalue weighted by molar-refractivity contribution is 4.87. The Morgan fingerprint density at radius 2 is 2.05 bits per heavy atom. The van der Waals surface area contributed by atoms with Crippen LogP contribution >= 0.6 is 0 Å². The molecule has 1 saturated heterocycles. The van der Waals surface area contributed by atoms with Gasteiger partial charge >= 0.3 is 0 Å². The molecule has 0 aromatic rings. The zero-order valence-electron chi connectivity index (χ0n) is 12.8. The molecule has 2 fully saturated rings. The Morgan fingerprint density at radius 3 is 2.79 bits per heavy atom. The average Bonchev–Trinajstić information content (AvgIpc) is 2.42. The second-order valence-corrected chi connectivity index (χ2v) is 6.73. The molecule has 1 aliphatic carbocycles. The molecule has 1 heterocycles. The summed E-state index contributed by atoms with van der Waals surface area (Å²) in [5, 5.41) is 12.8. The summed E-state index contributed by atoms with van der Waals surface area (Å²) in [7, 11) is 2.12. The normalized spacial score (nSPS) is 37.4. The smallest absolute Gasteiger partial charge is 0.0445 e. The summed E-state index contributed by atoms with van der Waals surface area (Å²) in [4.78, 5) is 2.67. The van der Waals surface area contributed by atoms with Gasteiger partial charge in [0.1, 0.15) is 0 Å². The van der Waals surface area contributed by atoms with Crippen LogP contribution in [0.2, 0.25) is 0 Å². The molecule has 1 aliphatic heterocycles. The maximum atomic E-state index is 9.24. The molecule has 0 radical (unpaired) electrons. The van der Waals surface area contributed by atoms with Crippen LogP contribution in [-0.2, 0) is 0 Å². The highest BCUT2D eigenvalue weighted by Crippen LogP contribution is 2.31. The van der Waals surface area contributed by atoms with Gasteiger partial charge in [0.05, 0.1) is 0 Å². The van der Waals surface area contributed by atoms with Crippen LogP contribution < -0.4 is 5.32 Å². The second kappa shape index (κ2) is 7.61. The van der Waals surface area contributed by atoms with Crippen molar-refractivity contribution in [1.82, 2.24) is 10.2 Å². The lowest BCUT2D eigenvalue weighted by Gasteiger charge is -2.42. The Kier molecular flexibility index (Phi) is 6.11. The van der Waals surface area contributed by atoms with Crippen LogP contribution in [0.5, 0.6) is 0 Å². The van der Waals surface area contributed by atoms with E-state index in [0.717, 1.165) is 18.3 Å².